The zero-order chi connectivity index (χ0) is 27.2. The molecular formula is C28H29Cl2N3O5. The van der Waals surface area contributed by atoms with Crippen molar-refractivity contribution in [3.05, 3.63) is 74.3 Å². The second-order valence-electron chi connectivity index (χ2n) is 10.9. The van der Waals surface area contributed by atoms with Crippen LogP contribution in [0.1, 0.15) is 74.7 Å². The van der Waals surface area contributed by atoms with Crippen LogP contribution in [-0.2, 0) is 9.47 Å². The molecule has 2 saturated carbocycles. The number of ether oxygens (including phenoxy) is 2. The van der Waals surface area contributed by atoms with E-state index in [1.165, 1.54) is 0 Å². The molecular weight excluding hydrogens is 529 g/mol. The molecule has 2 fully saturated rings. The van der Waals surface area contributed by atoms with Crippen LogP contribution in [0, 0.1) is 5.92 Å². The summed E-state index contributed by atoms with van der Waals surface area (Å²) in [5, 5.41) is 3.71. The Hall–Kier alpha value is -3.10. The maximum Gasteiger partial charge on any atom is 0.408 e. The second kappa shape index (κ2) is 10.2. The molecule has 1 N–H and O–H groups in total. The fourth-order valence-electron chi connectivity index (χ4n) is 4.71. The van der Waals surface area contributed by atoms with Crippen molar-refractivity contribution in [2.45, 2.75) is 70.2 Å². The van der Waals surface area contributed by atoms with E-state index in [9.17, 15) is 14.4 Å². The summed E-state index contributed by atoms with van der Waals surface area (Å²) < 4.78 is 12.8. The van der Waals surface area contributed by atoms with Gasteiger partial charge in [0.1, 0.15) is 17.5 Å². The van der Waals surface area contributed by atoms with Gasteiger partial charge in [-0.05, 0) is 63.8 Å². The molecule has 1 amide bonds. The SMILES string of the molecule is CC(C)(C)OC(=O)N[C@H](c1nc2c(Cl)ccc(Cl)c2c(=O)n1[C@H]1C[C@H](OC(=O)c2ccccc2)C1)C1CC1. The lowest BCUT2D eigenvalue weighted by Crippen LogP contribution is -2.44. The summed E-state index contributed by atoms with van der Waals surface area (Å²) in [6.07, 6.45) is 1.67. The van der Waals surface area contributed by atoms with E-state index in [1.54, 1.807) is 61.7 Å². The minimum Gasteiger partial charge on any atom is -0.459 e. The molecule has 0 unspecified atom stereocenters. The van der Waals surface area contributed by atoms with E-state index in [0.29, 0.717) is 34.8 Å². The molecule has 3 aromatic rings. The van der Waals surface area contributed by atoms with E-state index in [4.69, 9.17) is 37.7 Å². The minimum atomic E-state index is -0.685. The number of fused-ring (bicyclic) bond motifs is 1. The van der Waals surface area contributed by atoms with Crippen LogP contribution in [0.15, 0.2) is 47.3 Å². The van der Waals surface area contributed by atoms with Crippen LogP contribution in [0.5, 0.6) is 0 Å². The molecule has 1 atom stereocenters. The Morgan fingerprint density at radius 1 is 1.05 bits per heavy atom. The number of benzene rings is 2. The van der Waals surface area contributed by atoms with Crippen molar-refractivity contribution in [1.82, 2.24) is 14.9 Å². The highest BCUT2D eigenvalue weighted by Crippen LogP contribution is 2.44. The van der Waals surface area contributed by atoms with Gasteiger partial charge in [-0.3, -0.25) is 9.36 Å². The molecule has 0 spiro atoms. The fraction of sp³-hybridized carbons (Fsp3) is 0.429. The molecule has 2 aromatic carbocycles. The first kappa shape index (κ1) is 26.5. The van der Waals surface area contributed by atoms with Crippen molar-refractivity contribution < 1.29 is 19.1 Å². The molecule has 1 aromatic heterocycles. The molecule has 38 heavy (non-hydrogen) atoms. The first-order valence-corrected chi connectivity index (χ1v) is 13.4. The summed E-state index contributed by atoms with van der Waals surface area (Å²) in [5.41, 5.74) is -0.265. The van der Waals surface area contributed by atoms with Gasteiger partial charge in [0, 0.05) is 18.9 Å². The average molecular weight is 558 g/mol. The van der Waals surface area contributed by atoms with Crippen molar-refractivity contribution in [1.29, 1.82) is 0 Å². The molecule has 10 heteroatoms. The largest absolute Gasteiger partial charge is 0.459 e. The number of carbonyl (C=O) groups is 2. The Balaban J connectivity index is 1.49. The zero-order valence-corrected chi connectivity index (χ0v) is 22.9. The molecule has 0 bridgehead atoms. The summed E-state index contributed by atoms with van der Waals surface area (Å²) in [5.74, 6) is 0.0938. The third-order valence-corrected chi connectivity index (χ3v) is 7.37. The third kappa shape index (κ3) is 5.52. The monoisotopic (exact) mass is 557 g/mol. The first-order valence-electron chi connectivity index (χ1n) is 12.7. The normalized spacial score (nSPS) is 19.9. The van der Waals surface area contributed by atoms with Crippen LogP contribution in [0.3, 0.4) is 0 Å². The molecule has 0 radical (unpaired) electrons. The van der Waals surface area contributed by atoms with Crippen molar-refractivity contribution >= 4 is 46.2 Å². The lowest BCUT2D eigenvalue weighted by Gasteiger charge is -2.38. The Bertz CT molecular complexity index is 1440. The number of nitrogens with zero attached hydrogens (tertiary/aromatic N) is 2. The van der Waals surface area contributed by atoms with Gasteiger partial charge in [0.15, 0.2) is 0 Å². The summed E-state index contributed by atoms with van der Waals surface area (Å²) in [4.78, 5) is 44.0. The third-order valence-electron chi connectivity index (χ3n) is 6.75. The van der Waals surface area contributed by atoms with E-state index in [-0.39, 0.29) is 34.0 Å². The number of amides is 1. The Labute approximate surface area is 230 Å². The number of hydrogen-bond acceptors (Lipinski definition) is 6. The first-order chi connectivity index (χ1) is 18.0. The zero-order valence-electron chi connectivity index (χ0n) is 21.4. The van der Waals surface area contributed by atoms with Crippen LogP contribution in [-0.4, -0.2) is 33.3 Å². The van der Waals surface area contributed by atoms with E-state index < -0.39 is 23.7 Å². The number of esters is 1. The average Bonchev–Trinajstić information content (AvgIpc) is 3.67. The molecule has 8 nitrogen and oxygen atoms in total. The molecule has 2 aliphatic carbocycles. The van der Waals surface area contributed by atoms with E-state index >= 15 is 0 Å². The maximum absolute atomic E-state index is 13.9. The number of carbonyl (C=O) groups excluding carboxylic acids is 2. The Kier molecular flexibility index (Phi) is 7.13. The van der Waals surface area contributed by atoms with Gasteiger partial charge in [-0.2, -0.15) is 0 Å². The molecule has 0 saturated heterocycles. The highest BCUT2D eigenvalue weighted by molar-refractivity contribution is 6.39. The van der Waals surface area contributed by atoms with Crippen molar-refractivity contribution in [3.8, 4) is 0 Å². The number of hydrogen-bond donors (Lipinski definition) is 1. The maximum atomic E-state index is 13.9. The van der Waals surface area contributed by atoms with Crippen molar-refractivity contribution in [2.75, 3.05) is 0 Å². The second-order valence-corrected chi connectivity index (χ2v) is 11.7. The number of rotatable bonds is 6. The smallest absolute Gasteiger partial charge is 0.408 e. The van der Waals surface area contributed by atoms with Gasteiger partial charge < -0.3 is 14.8 Å². The van der Waals surface area contributed by atoms with Gasteiger partial charge in [-0.25, -0.2) is 14.6 Å². The lowest BCUT2D eigenvalue weighted by molar-refractivity contribution is -0.00956. The summed E-state index contributed by atoms with van der Waals surface area (Å²) in [7, 11) is 0. The number of alkyl carbamates (subject to hydrolysis) is 1. The van der Waals surface area contributed by atoms with Gasteiger partial charge in [0.05, 0.1) is 32.6 Å². The van der Waals surface area contributed by atoms with Crippen molar-refractivity contribution in [3.63, 3.8) is 0 Å². The predicted molar refractivity (Wildman–Crippen MR) is 145 cm³/mol. The van der Waals surface area contributed by atoms with E-state index in [2.05, 4.69) is 5.32 Å². The summed E-state index contributed by atoms with van der Waals surface area (Å²) in [6, 6.07) is 11.1. The predicted octanol–water partition coefficient (Wildman–Crippen LogP) is 6.24. The van der Waals surface area contributed by atoms with E-state index in [0.717, 1.165) is 12.8 Å². The fourth-order valence-corrected chi connectivity index (χ4v) is 5.15. The van der Waals surface area contributed by atoms with Gasteiger partial charge in [-0.1, -0.05) is 41.4 Å². The van der Waals surface area contributed by atoms with Gasteiger partial charge >= 0.3 is 12.1 Å². The number of halogens is 2. The van der Waals surface area contributed by atoms with Crippen LogP contribution in [0.2, 0.25) is 10.0 Å². The van der Waals surface area contributed by atoms with Crippen LogP contribution in [0.4, 0.5) is 4.79 Å². The van der Waals surface area contributed by atoms with Gasteiger partial charge in [0.25, 0.3) is 5.56 Å². The molecule has 0 aliphatic heterocycles. The van der Waals surface area contributed by atoms with Crippen LogP contribution >= 0.6 is 23.2 Å². The quantitative estimate of drug-likeness (QED) is 0.360. The standard InChI is InChI=1S/C28H29Cl2N3O5/c1-28(2,3)38-27(36)32-22(15-9-10-15)24-31-23-20(30)12-11-19(29)21(23)25(34)33(24)17-13-18(14-17)37-26(35)16-7-5-4-6-8-16/h4-8,11-12,15,17-18,22H,9-10,13-14H2,1-3H3,(H,32,36)/t17-,18-,22-/m0/s1. The van der Waals surface area contributed by atoms with Crippen LogP contribution in [0.25, 0.3) is 10.9 Å². The topological polar surface area (TPSA) is 99.5 Å². The Morgan fingerprint density at radius 3 is 2.34 bits per heavy atom. The highest BCUT2D eigenvalue weighted by Gasteiger charge is 2.42. The molecule has 200 valence electrons. The van der Waals surface area contributed by atoms with E-state index in [1.807, 2.05) is 6.07 Å². The highest BCUT2D eigenvalue weighted by atomic mass is 35.5. The lowest BCUT2D eigenvalue weighted by atomic mass is 9.88. The number of aromatic nitrogens is 2. The summed E-state index contributed by atoms with van der Waals surface area (Å²) >= 11 is 12.9. The summed E-state index contributed by atoms with van der Waals surface area (Å²) in [6.45, 7) is 5.36. The Morgan fingerprint density at radius 2 is 1.71 bits per heavy atom. The van der Waals surface area contributed by atoms with Gasteiger partial charge in [0.2, 0.25) is 0 Å². The molecule has 2 aliphatic rings. The van der Waals surface area contributed by atoms with Crippen LogP contribution < -0.4 is 10.9 Å². The molecule has 5 rings (SSSR count). The minimum absolute atomic E-state index is 0.0999. The molecule has 1 heterocycles. The van der Waals surface area contributed by atoms with Crippen molar-refractivity contribution in [2.24, 2.45) is 5.92 Å². The number of nitrogens with one attached hydrogen (secondary N) is 1. The van der Waals surface area contributed by atoms with Gasteiger partial charge in [-0.15, -0.1) is 0 Å².